The first kappa shape index (κ1) is 38.8. The highest BCUT2D eigenvalue weighted by molar-refractivity contribution is 5.81. The SMILES string of the molecule is C=CC(=O)OCC(COC(=O)C(C)(C)CC(C)(CC(CC)c1ccccc1)C(=O)OC1C[C@H]2C[C@H]1C1CCCC12)OCC1CC=CCC1C(=O)O. The number of aliphatic carboxylic acids is 1. The molecule has 0 aliphatic heterocycles. The fraction of sp³-hybridized carbons (Fsp3) is 0.667. The molecule has 0 saturated heterocycles. The van der Waals surface area contributed by atoms with Gasteiger partial charge in [0.15, 0.2) is 0 Å². The van der Waals surface area contributed by atoms with Crippen LogP contribution in [-0.4, -0.2) is 61.0 Å². The van der Waals surface area contributed by atoms with Crippen molar-refractivity contribution in [1.29, 1.82) is 0 Å². The van der Waals surface area contributed by atoms with Crippen molar-refractivity contribution < 1.29 is 43.2 Å². The summed E-state index contributed by atoms with van der Waals surface area (Å²) in [6.07, 6.45) is 12.4. The number of carbonyl (C=O) groups is 4. The maximum absolute atomic E-state index is 14.4. The van der Waals surface area contributed by atoms with E-state index in [9.17, 15) is 24.3 Å². The van der Waals surface area contributed by atoms with E-state index in [-0.39, 0.29) is 50.2 Å². The molecule has 51 heavy (non-hydrogen) atoms. The number of fused-ring (bicyclic) bond motifs is 5. The van der Waals surface area contributed by atoms with Gasteiger partial charge in [0.1, 0.15) is 25.4 Å². The Bertz CT molecular complexity index is 1420. The van der Waals surface area contributed by atoms with Gasteiger partial charge in [-0.25, -0.2) is 4.79 Å². The Kier molecular flexibility index (Phi) is 12.9. The molecular formula is C42H58O9. The van der Waals surface area contributed by atoms with Crippen LogP contribution in [0, 0.1) is 46.3 Å². The molecule has 3 saturated carbocycles. The molecule has 1 N–H and O–H groups in total. The monoisotopic (exact) mass is 706 g/mol. The number of benzene rings is 1. The van der Waals surface area contributed by atoms with Crippen LogP contribution >= 0.6 is 0 Å². The first-order valence-corrected chi connectivity index (χ1v) is 19.1. The van der Waals surface area contributed by atoms with Gasteiger partial charge in [0.25, 0.3) is 0 Å². The zero-order valence-electron chi connectivity index (χ0n) is 30.9. The van der Waals surface area contributed by atoms with Gasteiger partial charge in [-0.1, -0.05) is 62.4 Å². The van der Waals surface area contributed by atoms with E-state index in [4.69, 9.17) is 18.9 Å². The summed E-state index contributed by atoms with van der Waals surface area (Å²) in [5.74, 6) is -0.500. The normalized spacial score (nSPS) is 29.0. The quantitative estimate of drug-likeness (QED) is 0.0708. The molecule has 0 radical (unpaired) electrons. The summed E-state index contributed by atoms with van der Waals surface area (Å²) < 4.78 is 23.6. The molecular weight excluding hydrogens is 648 g/mol. The van der Waals surface area contributed by atoms with Crippen LogP contribution in [0.5, 0.6) is 0 Å². The Morgan fingerprint density at radius 3 is 2.35 bits per heavy atom. The summed E-state index contributed by atoms with van der Waals surface area (Å²) in [4.78, 5) is 52.0. The summed E-state index contributed by atoms with van der Waals surface area (Å²) in [6, 6.07) is 10.2. The molecule has 9 heteroatoms. The molecule has 2 bridgehead atoms. The van der Waals surface area contributed by atoms with Crippen LogP contribution in [0.4, 0.5) is 0 Å². The largest absolute Gasteiger partial charge is 0.481 e. The third kappa shape index (κ3) is 9.32. The highest BCUT2D eigenvalue weighted by atomic mass is 16.6. The van der Waals surface area contributed by atoms with Crippen molar-refractivity contribution in [2.45, 2.75) is 110 Å². The van der Waals surface area contributed by atoms with Gasteiger partial charge in [-0.2, -0.15) is 0 Å². The Morgan fingerprint density at radius 2 is 1.65 bits per heavy atom. The van der Waals surface area contributed by atoms with E-state index in [0.29, 0.717) is 37.0 Å². The van der Waals surface area contributed by atoms with Crippen molar-refractivity contribution in [2.75, 3.05) is 19.8 Å². The second kappa shape index (κ2) is 16.9. The summed E-state index contributed by atoms with van der Waals surface area (Å²) in [5.41, 5.74) is -0.884. The third-order valence-electron chi connectivity index (χ3n) is 12.4. The minimum Gasteiger partial charge on any atom is -0.481 e. The molecule has 0 spiro atoms. The Balaban J connectivity index is 1.28. The van der Waals surface area contributed by atoms with E-state index < -0.39 is 40.8 Å². The summed E-state index contributed by atoms with van der Waals surface area (Å²) >= 11 is 0. The standard InChI is InChI=1S/C42H58O9/c1-6-27(28-14-9-8-10-15-28)22-42(5,40(47)51-36-21-30-20-35(36)34-19-13-18-32(30)34)26-41(3,4)39(46)50-25-31(24-49-37(43)7-2)48-23-29-16-11-12-17-33(29)38(44)45/h7-12,14-15,27,29-36H,2,6,13,16-26H2,1,3-5H3,(H,44,45)/t27?,29?,30-,31?,32?,33?,34?,35+,36?,42?/m1/s1. The van der Waals surface area contributed by atoms with Crippen molar-refractivity contribution in [3.63, 3.8) is 0 Å². The topological polar surface area (TPSA) is 125 Å². The molecule has 0 amide bonds. The number of carboxylic acids is 1. The molecule has 8 unspecified atom stereocenters. The summed E-state index contributed by atoms with van der Waals surface area (Å²) in [6.45, 7) is 10.8. The Morgan fingerprint density at radius 1 is 0.941 bits per heavy atom. The maximum atomic E-state index is 14.4. The molecule has 10 atom stereocenters. The van der Waals surface area contributed by atoms with Crippen LogP contribution < -0.4 is 0 Å². The minimum atomic E-state index is -1.07. The number of carboxylic acid groups (broad SMARTS) is 1. The molecule has 1 aromatic carbocycles. The fourth-order valence-corrected chi connectivity index (χ4v) is 9.82. The summed E-state index contributed by atoms with van der Waals surface area (Å²) in [7, 11) is 0. The van der Waals surface area contributed by atoms with E-state index in [1.165, 1.54) is 19.3 Å². The predicted octanol–water partition coefficient (Wildman–Crippen LogP) is 7.69. The average Bonchev–Trinajstić information content (AvgIpc) is 3.85. The fourth-order valence-electron chi connectivity index (χ4n) is 9.82. The van der Waals surface area contributed by atoms with Crippen LogP contribution in [0.1, 0.15) is 103 Å². The predicted molar refractivity (Wildman–Crippen MR) is 192 cm³/mol. The lowest BCUT2D eigenvalue weighted by Gasteiger charge is -2.39. The maximum Gasteiger partial charge on any atom is 0.330 e. The number of hydrogen-bond acceptors (Lipinski definition) is 8. The van der Waals surface area contributed by atoms with E-state index >= 15 is 0 Å². The van der Waals surface area contributed by atoms with Crippen molar-refractivity contribution >= 4 is 23.9 Å². The molecule has 9 nitrogen and oxygen atoms in total. The number of hydrogen-bond donors (Lipinski definition) is 1. The van der Waals surface area contributed by atoms with Gasteiger partial charge < -0.3 is 24.1 Å². The van der Waals surface area contributed by atoms with E-state index in [0.717, 1.165) is 36.8 Å². The van der Waals surface area contributed by atoms with Crippen molar-refractivity contribution in [2.24, 2.45) is 46.3 Å². The van der Waals surface area contributed by atoms with E-state index in [1.54, 1.807) is 13.8 Å². The van der Waals surface area contributed by atoms with E-state index in [2.05, 4.69) is 25.6 Å². The first-order chi connectivity index (χ1) is 24.3. The third-order valence-corrected chi connectivity index (χ3v) is 12.4. The van der Waals surface area contributed by atoms with Gasteiger partial charge in [-0.3, -0.25) is 14.4 Å². The van der Waals surface area contributed by atoms with Crippen molar-refractivity contribution in [3.8, 4) is 0 Å². The van der Waals surface area contributed by atoms with Crippen LogP contribution in [0.3, 0.4) is 0 Å². The number of ether oxygens (including phenoxy) is 4. The van der Waals surface area contributed by atoms with Crippen molar-refractivity contribution in [3.05, 3.63) is 60.7 Å². The lowest BCUT2D eigenvalue weighted by Crippen LogP contribution is -2.43. The number of rotatable bonds is 18. The smallest absolute Gasteiger partial charge is 0.330 e. The van der Waals surface area contributed by atoms with Gasteiger partial charge in [-0.15, -0.1) is 0 Å². The molecule has 1 aromatic rings. The van der Waals surface area contributed by atoms with Gasteiger partial charge in [0, 0.05) is 6.08 Å². The Hall–Kier alpha value is -3.46. The zero-order chi connectivity index (χ0) is 36.8. The van der Waals surface area contributed by atoms with Crippen LogP contribution in [0.2, 0.25) is 0 Å². The lowest BCUT2D eigenvalue weighted by molar-refractivity contribution is -0.172. The summed E-state index contributed by atoms with van der Waals surface area (Å²) in [5, 5.41) is 9.69. The van der Waals surface area contributed by atoms with Crippen LogP contribution in [0.15, 0.2) is 55.1 Å². The number of carbonyl (C=O) groups excluding carboxylic acids is 3. The minimum absolute atomic E-state index is 0.0652. The highest BCUT2D eigenvalue weighted by Gasteiger charge is 2.56. The second-order valence-electron chi connectivity index (χ2n) is 16.5. The zero-order valence-corrected chi connectivity index (χ0v) is 30.9. The molecule has 0 aromatic heterocycles. The Labute approximate surface area is 303 Å². The highest BCUT2D eigenvalue weighted by Crippen LogP contribution is 2.60. The molecule has 280 valence electrons. The van der Waals surface area contributed by atoms with Gasteiger partial charge in [0.2, 0.25) is 0 Å². The molecule has 3 fully saturated rings. The van der Waals surface area contributed by atoms with Gasteiger partial charge in [-0.05, 0) is 120 Å². The van der Waals surface area contributed by atoms with Crippen LogP contribution in [-0.2, 0) is 38.1 Å². The molecule has 4 aliphatic rings. The molecule has 0 heterocycles. The lowest BCUT2D eigenvalue weighted by atomic mass is 9.68. The van der Waals surface area contributed by atoms with E-state index in [1.807, 2.05) is 37.3 Å². The van der Waals surface area contributed by atoms with Gasteiger partial charge >= 0.3 is 23.9 Å². The van der Waals surface area contributed by atoms with Gasteiger partial charge in [0.05, 0.1) is 23.4 Å². The second-order valence-corrected chi connectivity index (χ2v) is 16.5. The molecule has 5 rings (SSSR count). The average molecular weight is 707 g/mol. The number of allylic oxidation sites excluding steroid dienone is 2. The van der Waals surface area contributed by atoms with Crippen molar-refractivity contribution in [1.82, 2.24) is 0 Å². The molecule has 4 aliphatic carbocycles. The number of esters is 3. The first-order valence-electron chi connectivity index (χ1n) is 19.1. The van der Waals surface area contributed by atoms with Crippen LogP contribution in [0.25, 0.3) is 0 Å².